The second kappa shape index (κ2) is 7.39. The van der Waals surface area contributed by atoms with Crippen molar-refractivity contribution in [3.63, 3.8) is 0 Å². The summed E-state index contributed by atoms with van der Waals surface area (Å²) in [6.07, 6.45) is 2.90. The van der Waals surface area contributed by atoms with Crippen LogP contribution in [0.2, 0.25) is 0 Å². The Kier molecular flexibility index (Phi) is 6.50. The van der Waals surface area contributed by atoms with Gasteiger partial charge in [0.2, 0.25) is 0 Å². The number of H-pyrrole nitrogens is 1. The van der Waals surface area contributed by atoms with E-state index in [0.29, 0.717) is 12.4 Å². The van der Waals surface area contributed by atoms with Gasteiger partial charge in [0.25, 0.3) is 0 Å². The number of fused-ring (bicyclic) bond motifs is 1. The number of rotatable bonds is 5. The van der Waals surface area contributed by atoms with Crippen molar-refractivity contribution < 1.29 is 0 Å². The molecule has 2 nitrogen and oxygen atoms in total. The molecule has 2 aromatic rings. The topological polar surface area (TPSA) is 41.8 Å². The van der Waals surface area contributed by atoms with E-state index in [4.69, 9.17) is 17.3 Å². The standard InChI is InChI=1S/C13H16BrClN2.ClH/c14-9-3-4-13-11(8-9)10(5-7-16)12(17-13)2-1-6-15;/h3-4,8,17H,1-2,5-7,16H2;1H. The van der Waals surface area contributed by atoms with Gasteiger partial charge in [0.05, 0.1) is 0 Å². The Morgan fingerprint density at radius 1 is 1.28 bits per heavy atom. The van der Waals surface area contributed by atoms with Crippen molar-refractivity contribution in [2.75, 3.05) is 12.4 Å². The summed E-state index contributed by atoms with van der Waals surface area (Å²) in [6.45, 7) is 0.674. The van der Waals surface area contributed by atoms with Crippen LogP contribution in [0.1, 0.15) is 17.7 Å². The fourth-order valence-corrected chi connectivity index (χ4v) is 2.66. The average Bonchev–Trinajstić information content (AvgIpc) is 2.65. The van der Waals surface area contributed by atoms with E-state index in [1.54, 1.807) is 0 Å². The molecule has 0 saturated carbocycles. The Balaban J connectivity index is 0.00000162. The summed E-state index contributed by atoms with van der Waals surface area (Å²) in [5, 5.41) is 1.27. The fraction of sp³-hybridized carbons (Fsp3) is 0.385. The molecule has 0 saturated heterocycles. The molecule has 1 heterocycles. The highest BCUT2D eigenvalue weighted by atomic mass is 79.9. The van der Waals surface area contributed by atoms with Crippen LogP contribution in [-0.2, 0) is 12.8 Å². The lowest BCUT2D eigenvalue weighted by Gasteiger charge is -2.02. The Morgan fingerprint density at radius 2 is 2.06 bits per heavy atom. The fourth-order valence-electron chi connectivity index (χ4n) is 2.16. The maximum Gasteiger partial charge on any atom is 0.0459 e. The molecule has 3 N–H and O–H groups in total. The maximum absolute atomic E-state index is 5.76. The summed E-state index contributed by atoms with van der Waals surface area (Å²) in [5.41, 5.74) is 9.50. The summed E-state index contributed by atoms with van der Waals surface area (Å²) in [4.78, 5) is 3.48. The lowest BCUT2D eigenvalue weighted by molar-refractivity contribution is 0.867. The van der Waals surface area contributed by atoms with E-state index < -0.39 is 0 Å². The third-order valence-corrected chi connectivity index (χ3v) is 3.67. The predicted octanol–water partition coefficient (Wildman–Crippen LogP) is 4.02. The highest BCUT2D eigenvalue weighted by Gasteiger charge is 2.10. The first-order valence-electron chi connectivity index (χ1n) is 5.81. The number of aromatic nitrogens is 1. The van der Waals surface area contributed by atoms with Crippen LogP contribution in [0.15, 0.2) is 22.7 Å². The van der Waals surface area contributed by atoms with Gasteiger partial charge >= 0.3 is 0 Å². The van der Waals surface area contributed by atoms with Crippen molar-refractivity contribution in [2.24, 2.45) is 5.73 Å². The van der Waals surface area contributed by atoms with Crippen LogP contribution < -0.4 is 5.73 Å². The Bertz CT molecular complexity index is 511. The molecule has 0 atom stereocenters. The molecule has 0 aliphatic heterocycles. The van der Waals surface area contributed by atoms with Gasteiger partial charge in [0.15, 0.2) is 0 Å². The van der Waals surface area contributed by atoms with E-state index in [-0.39, 0.29) is 12.4 Å². The molecule has 0 aliphatic rings. The maximum atomic E-state index is 5.76. The first kappa shape index (κ1) is 15.8. The first-order valence-corrected chi connectivity index (χ1v) is 7.14. The third-order valence-electron chi connectivity index (χ3n) is 2.91. The van der Waals surface area contributed by atoms with Gasteiger partial charge in [0, 0.05) is 26.9 Å². The number of hydrogen-bond acceptors (Lipinski definition) is 1. The molecule has 18 heavy (non-hydrogen) atoms. The van der Waals surface area contributed by atoms with Crippen molar-refractivity contribution in [3.05, 3.63) is 33.9 Å². The van der Waals surface area contributed by atoms with E-state index in [1.165, 1.54) is 22.2 Å². The number of benzene rings is 1. The Morgan fingerprint density at radius 3 is 2.72 bits per heavy atom. The number of aryl methyl sites for hydroxylation is 1. The van der Waals surface area contributed by atoms with Gasteiger partial charge in [-0.15, -0.1) is 24.0 Å². The number of aromatic amines is 1. The van der Waals surface area contributed by atoms with E-state index in [2.05, 4.69) is 39.1 Å². The molecule has 5 heteroatoms. The normalized spacial score (nSPS) is 10.6. The lowest BCUT2D eigenvalue weighted by atomic mass is 10.1. The molecular formula is C13H17BrCl2N2. The largest absolute Gasteiger partial charge is 0.358 e. The number of nitrogens with one attached hydrogen (secondary N) is 1. The molecule has 0 radical (unpaired) electrons. The zero-order valence-corrected chi connectivity index (χ0v) is 13.2. The van der Waals surface area contributed by atoms with Gasteiger partial charge in [0.1, 0.15) is 0 Å². The summed E-state index contributed by atoms with van der Waals surface area (Å²) in [6, 6.07) is 6.31. The molecule has 0 spiro atoms. The SMILES string of the molecule is Cl.NCCc1c(CCCCl)[nH]c2ccc(Br)cc12. The van der Waals surface area contributed by atoms with Gasteiger partial charge in [-0.25, -0.2) is 0 Å². The molecule has 2 rings (SSSR count). The highest BCUT2D eigenvalue weighted by Crippen LogP contribution is 2.27. The molecule has 100 valence electrons. The lowest BCUT2D eigenvalue weighted by Crippen LogP contribution is -2.04. The van der Waals surface area contributed by atoms with Crippen molar-refractivity contribution in [2.45, 2.75) is 19.3 Å². The number of halogens is 3. The Labute approximate surface area is 127 Å². The van der Waals surface area contributed by atoms with Crippen LogP contribution >= 0.6 is 39.9 Å². The minimum absolute atomic E-state index is 0. The molecule has 0 aliphatic carbocycles. The van der Waals surface area contributed by atoms with Crippen LogP contribution in [0.5, 0.6) is 0 Å². The van der Waals surface area contributed by atoms with Gasteiger partial charge < -0.3 is 10.7 Å². The van der Waals surface area contributed by atoms with E-state index in [9.17, 15) is 0 Å². The summed E-state index contributed by atoms with van der Waals surface area (Å²) in [5.74, 6) is 0.696. The van der Waals surface area contributed by atoms with Gasteiger partial charge in [-0.1, -0.05) is 15.9 Å². The zero-order chi connectivity index (χ0) is 12.3. The number of alkyl halides is 1. The van der Waals surface area contributed by atoms with Crippen LogP contribution in [0.25, 0.3) is 10.9 Å². The molecule has 0 unspecified atom stereocenters. The smallest absolute Gasteiger partial charge is 0.0459 e. The van der Waals surface area contributed by atoms with E-state index in [1.807, 2.05) is 0 Å². The highest BCUT2D eigenvalue weighted by molar-refractivity contribution is 9.10. The van der Waals surface area contributed by atoms with Crippen molar-refractivity contribution in [1.29, 1.82) is 0 Å². The number of hydrogen-bond donors (Lipinski definition) is 2. The van der Waals surface area contributed by atoms with Crippen LogP contribution in [0.3, 0.4) is 0 Å². The summed E-state index contributed by atoms with van der Waals surface area (Å²) >= 11 is 9.27. The van der Waals surface area contributed by atoms with Crippen molar-refractivity contribution >= 4 is 50.8 Å². The second-order valence-corrected chi connectivity index (χ2v) is 5.40. The van der Waals surface area contributed by atoms with Crippen LogP contribution in [-0.4, -0.2) is 17.4 Å². The minimum atomic E-state index is 0. The first-order chi connectivity index (χ1) is 8.26. The van der Waals surface area contributed by atoms with Crippen molar-refractivity contribution in [3.8, 4) is 0 Å². The monoisotopic (exact) mass is 350 g/mol. The molecule has 1 aromatic carbocycles. The average molecular weight is 352 g/mol. The molecular weight excluding hydrogens is 335 g/mol. The molecule has 0 amide bonds. The van der Waals surface area contributed by atoms with Gasteiger partial charge in [-0.3, -0.25) is 0 Å². The quantitative estimate of drug-likeness (QED) is 0.784. The molecule has 1 aromatic heterocycles. The minimum Gasteiger partial charge on any atom is -0.358 e. The third kappa shape index (κ3) is 3.41. The summed E-state index contributed by atoms with van der Waals surface area (Å²) < 4.78 is 1.10. The zero-order valence-electron chi connectivity index (χ0n) is 10.0. The van der Waals surface area contributed by atoms with Gasteiger partial charge in [-0.2, -0.15) is 0 Å². The van der Waals surface area contributed by atoms with E-state index in [0.717, 1.165) is 23.7 Å². The van der Waals surface area contributed by atoms with Crippen LogP contribution in [0.4, 0.5) is 0 Å². The summed E-state index contributed by atoms with van der Waals surface area (Å²) in [7, 11) is 0. The second-order valence-electron chi connectivity index (χ2n) is 4.10. The van der Waals surface area contributed by atoms with Crippen LogP contribution in [0, 0.1) is 0 Å². The van der Waals surface area contributed by atoms with Crippen molar-refractivity contribution in [1.82, 2.24) is 4.98 Å². The van der Waals surface area contributed by atoms with E-state index >= 15 is 0 Å². The Hall–Kier alpha value is -0.220. The predicted molar refractivity (Wildman–Crippen MR) is 85.0 cm³/mol. The molecule has 0 bridgehead atoms. The number of nitrogens with two attached hydrogens (primary N) is 1. The van der Waals surface area contributed by atoms with Gasteiger partial charge in [-0.05, 0) is 49.6 Å². The molecule has 0 fully saturated rings.